The molecule has 0 fully saturated rings. The van der Waals surface area contributed by atoms with E-state index < -0.39 is 0 Å². The molecule has 0 aromatic carbocycles. The molecule has 0 radical (unpaired) electrons. The van der Waals surface area contributed by atoms with Crippen LogP contribution in [0.25, 0.3) is 0 Å². The summed E-state index contributed by atoms with van der Waals surface area (Å²) in [6.45, 7) is 8.56. The van der Waals surface area contributed by atoms with Gasteiger partial charge in [0.05, 0.1) is 12.2 Å². The Bertz CT molecular complexity index is 669. The third-order valence-corrected chi connectivity index (χ3v) is 4.51. The van der Waals surface area contributed by atoms with Crippen molar-refractivity contribution in [2.24, 2.45) is 12.0 Å². The van der Waals surface area contributed by atoms with Crippen LogP contribution in [-0.4, -0.2) is 34.2 Å². The van der Waals surface area contributed by atoms with Crippen molar-refractivity contribution in [2.45, 2.75) is 52.6 Å². The molecule has 2 rings (SSSR count). The molecule has 138 valence electrons. The van der Waals surface area contributed by atoms with Gasteiger partial charge in [0.25, 0.3) is 0 Å². The van der Waals surface area contributed by atoms with Gasteiger partial charge in [0.15, 0.2) is 11.7 Å². The maximum absolute atomic E-state index is 5.48. The van der Waals surface area contributed by atoms with Gasteiger partial charge in [-0.2, -0.15) is 0 Å². The molecule has 2 heterocycles. The predicted molar refractivity (Wildman–Crippen MR) is 102 cm³/mol. The van der Waals surface area contributed by atoms with Crippen LogP contribution >= 0.6 is 0 Å². The number of rotatable bonds is 8. The summed E-state index contributed by atoms with van der Waals surface area (Å²) < 4.78 is 7.60. The molecule has 0 saturated heterocycles. The van der Waals surface area contributed by atoms with Gasteiger partial charge in [-0.1, -0.05) is 19.0 Å². The van der Waals surface area contributed by atoms with Gasteiger partial charge in [-0.15, -0.1) is 0 Å². The average molecular weight is 345 g/mol. The van der Waals surface area contributed by atoms with Crippen molar-refractivity contribution in [2.75, 3.05) is 13.6 Å². The first-order valence-corrected chi connectivity index (χ1v) is 9.14. The summed E-state index contributed by atoms with van der Waals surface area (Å²) in [5.74, 6) is 2.14. The van der Waals surface area contributed by atoms with E-state index in [4.69, 9.17) is 9.52 Å². The molecule has 0 atom stereocenters. The molecule has 0 amide bonds. The van der Waals surface area contributed by atoms with Crippen molar-refractivity contribution in [3.05, 3.63) is 41.5 Å². The predicted octanol–water partition coefficient (Wildman–Crippen LogP) is 3.51. The number of nitrogens with one attached hydrogen (secondary N) is 1. The molecular formula is C19H31N5O. The van der Waals surface area contributed by atoms with Gasteiger partial charge >= 0.3 is 0 Å². The highest BCUT2D eigenvalue weighted by Crippen LogP contribution is 2.22. The van der Waals surface area contributed by atoms with Gasteiger partial charge in [0.1, 0.15) is 6.54 Å². The van der Waals surface area contributed by atoms with Crippen molar-refractivity contribution in [3.63, 3.8) is 0 Å². The molecule has 6 heteroatoms. The summed E-state index contributed by atoms with van der Waals surface area (Å²) in [7, 11) is 4.10. The van der Waals surface area contributed by atoms with Crippen LogP contribution < -0.4 is 5.32 Å². The minimum atomic E-state index is 0.467. The zero-order valence-corrected chi connectivity index (χ0v) is 16.1. The monoisotopic (exact) mass is 345 g/mol. The number of guanidine groups is 1. The van der Waals surface area contributed by atoms with Gasteiger partial charge in [-0.05, 0) is 31.9 Å². The first kappa shape index (κ1) is 19.1. The second kappa shape index (κ2) is 9.30. The van der Waals surface area contributed by atoms with Crippen molar-refractivity contribution in [1.82, 2.24) is 19.9 Å². The molecule has 2 aromatic rings. The van der Waals surface area contributed by atoms with Crippen LogP contribution in [-0.2, 0) is 20.1 Å². The highest BCUT2D eigenvalue weighted by atomic mass is 16.5. The van der Waals surface area contributed by atoms with Crippen LogP contribution in [0.1, 0.15) is 56.7 Å². The molecule has 0 unspecified atom stereocenters. The Morgan fingerprint density at radius 3 is 2.72 bits per heavy atom. The summed E-state index contributed by atoms with van der Waals surface area (Å²) in [5.41, 5.74) is 2.28. The molecule has 6 nitrogen and oxygen atoms in total. The van der Waals surface area contributed by atoms with Crippen molar-refractivity contribution >= 4 is 5.96 Å². The van der Waals surface area contributed by atoms with E-state index in [9.17, 15) is 0 Å². The number of hydrogen-bond acceptors (Lipinski definition) is 3. The van der Waals surface area contributed by atoms with E-state index in [1.54, 1.807) is 0 Å². The lowest BCUT2D eigenvalue weighted by molar-refractivity contribution is 0.371. The highest BCUT2D eigenvalue weighted by Gasteiger charge is 2.13. The summed E-state index contributed by atoms with van der Waals surface area (Å²) in [6.07, 6.45) is 4.21. The van der Waals surface area contributed by atoms with Crippen molar-refractivity contribution in [1.29, 1.82) is 0 Å². The van der Waals surface area contributed by atoms with E-state index in [1.165, 1.54) is 5.69 Å². The third kappa shape index (κ3) is 5.11. The zero-order valence-electron chi connectivity index (χ0n) is 16.1. The quantitative estimate of drug-likeness (QED) is 0.587. The summed E-state index contributed by atoms with van der Waals surface area (Å²) in [4.78, 5) is 6.83. The normalized spacial score (nSPS) is 12.0. The zero-order chi connectivity index (χ0) is 18.2. The first-order valence-electron chi connectivity index (χ1n) is 9.14. The Hall–Kier alpha value is -2.24. The van der Waals surface area contributed by atoms with E-state index in [0.29, 0.717) is 12.5 Å². The van der Waals surface area contributed by atoms with Gasteiger partial charge in [-0.25, -0.2) is 4.99 Å². The fourth-order valence-corrected chi connectivity index (χ4v) is 2.90. The van der Waals surface area contributed by atoms with Crippen LogP contribution in [0, 0.1) is 0 Å². The largest absolute Gasteiger partial charge is 0.359 e. The van der Waals surface area contributed by atoms with Gasteiger partial charge in [0, 0.05) is 44.5 Å². The molecule has 0 bridgehead atoms. The average Bonchev–Trinajstić information content (AvgIpc) is 3.22. The standard InChI is InChI=1S/C19H31N5O/c1-6-15(7-2)18-12-17(25-22-18)13-21-19(20-8-3)24(5)14-16-10-9-11-23(16)4/h9-12,15H,6-8,13-14H2,1-5H3,(H,20,21). The van der Waals surface area contributed by atoms with Crippen LogP contribution in [0.2, 0.25) is 0 Å². The Morgan fingerprint density at radius 1 is 1.36 bits per heavy atom. The van der Waals surface area contributed by atoms with E-state index in [1.807, 2.05) is 13.1 Å². The lowest BCUT2D eigenvalue weighted by atomic mass is 9.99. The number of aryl methyl sites for hydroxylation is 1. The van der Waals surface area contributed by atoms with Crippen LogP contribution in [0.15, 0.2) is 33.9 Å². The Balaban J connectivity index is 2.05. The smallest absolute Gasteiger partial charge is 0.194 e. The third-order valence-electron chi connectivity index (χ3n) is 4.51. The van der Waals surface area contributed by atoms with Crippen LogP contribution in [0.4, 0.5) is 0 Å². The highest BCUT2D eigenvalue weighted by molar-refractivity contribution is 5.79. The SMILES string of the molecule is CCNC(=NCc1cc(C(CC)CC)no1)N(C)Cc1cccn1C. The molecular weight excluding hydrogens is 314 g/mol. The van der Waals surface area contributed by atoms with E-state index in [-0.39, 0.29) is 0 Å². The molecule has 1 N–H and O–H groups in total. The second-order valence-electron chi connectivity index (χ2n) is 6.37. The topological polar surface area (TPSA) is 58.6 Å². The minimum absolute atomic E-state index is 0.467. The minimum Gasteiger partial charge on any atom is -0.359 e. The molecule has 0 spiro atoms. The maximum atomic E-state index is 5.48. The Morgan fingerprint density at radius 2 is 2.12 bits per heavy atom. The maximum Gasteiger partial charge on any atom is 0.194 e. The van der Waals surface area contributed by atoms with Crippen LogP contribution in [0.5, 0.6) is 0 Å². The van der Waals surface area contributed by atoms with Gasteiger partial charge in [-0.3, -0.25) is 0 Å². The molecule has 2 aromatic heterocycles. The van der Waals surface area contributed by atoms with Crippen molar-refractivity contribution < 1.29 is 4.52 Å². The van der Waals surface area contributed by atoms with E-state index in [0.717, 1.165) is 43.3 Å². The fraction of sp³-hybridized carbons (Fsp3) is 0.579. The molecule has 0 aliphatic carbocycles. The molecule has 25 heavy (non-hydrogen) atoms. The number of hydrogen-bond donors (Lipinski definition) is 1. The van der Waals surface area contributed by atoms with Crippen molar-refractivity contribution in [3.8, 4) is 0 Å². The van der Waals surface area contributed by atoms with E-state index >= 15 is 0 Å². The fourth-order valence-electron chi connectivity index (χ4n) is 2.90. The first-order chi connectivity index (χ1) is 12.1. The number of aliphatic imine (C=N–C) groups is 1. The lowest BCUT2D eigenvalue weighted by Gasteiger charge is -2.22. The second-order valence-corrected chi connectivity index (χ2v) is 6.37. The summed E-state index contributed by atoms with van der Waals surface area (Å²) in [6, 6.07) is 6.22. The van der Waals surface area contributed by atoms with Gasteiger partial charge in [0.2, 0.25) is 0 Å². The van der Waals surface area contributed by atoms with Gasteiger partial charge < -0.3 is 19.3 Å². The van der Waals surface area contributed by atoms with Crippen LogP contribution in [0.3, 0.4) is 0 Å². The molecule has 0 aliphatic heterocycles. The Labute approximate surface area is 150 Å². The number of nitrogens with zero attached hydrogens (tertiary/aromatic N) is 4. The summed E-state index contributed by atoms with van der Waals surface area (Å²) >= 11 is 0. The summed E-state index contributed by atoms with van der Waals surface area (Å²) in [5, 5.41) is 7.56. The molecule has 0 saturated carbocycles. The molecule has 0 aliphatic rings. The lowest BCUT2D eigenvalue weighted by Crippen LogP contribution is -2.38. The Kier molecular flexibility index (Phi) is 7.10. The van der Waals surface area contributed by atoms with E-state index in [2.05, 4.69) is 66.1 Å². The number of aromatic nitrogens is 2.